The summed E-state index contributed by atoms with van der Waals surface area (Å²) < 4.78 is 5.44. The summed E-state index contributed by atoms with van der Waals surface area (Å²) >= 11 is 0. The maximum Gasteiger partial charge on any atom is 0.329 e. The summed E-state index contributed by atoms with van der Waals surface area (Å²) in [6, 6.07) is 6.01. The van der Waals surface area contributed by atoms with E-state index in [1.54, 1.807) is 20.8 Å². The van der Waals surface area contributed by atoms with Crippen molar-refractivity contribution >= 4 is 22.8 Å². The molecule has 6 heteroatoms. The number of aromatic nitrogens is 1. The van der Waals surface area contributed by atoms with Crippen LogP contribution in [0.2, 0.25) is 0 Å². The van der Waals surface area contributed by atoms with Gasteiger partial charge in [-0.2, -0.15) is 0 Å². The van der Waals surface area contributed by atoms with Gasteiger partial charge in [-0.3, -0.25) is 10.1 Å². The molecule has 0 bridgehead atoms. The number of fused-ring (bicyclic) bond motifs is 3. The second kappa shape index (κ2) is 5.38. The molecule has 2 atom stereocenters. The molecule has 2 aromatic rings. The third kappa shape index (κ3) is 2.94. The van der Waals surface area contributed by atoms with Gasteiger partial charge in [-0.05, 0) is 32.4 Å². The first-order chi connectivity index (χ1) is 10.8. The van der Waals surface area contributed by atoms with Crippen LogP contribution in [0.5, 0.6) is 0 Å². The number of carbonyl (C=O) groups excluding carboxylic acids is 1. The Morgan fingerprint density at radius 3 is 2.61 bits per heavy atom. The van der Waals surface area contributed by atoms with Crippen molar-refractivity contribution in [3.63, 3.8) is 0 Å². The van der Waals surface area contributed by atoms with Gasteiger partial charge in [0.25, 0.3) is 0 Å². The standard InChI is InChI=1S/C17H20N2O4/c1-17(2,3)23-16(22)14-13-10(8-12(19-14)15(20)21)9-6-4-5-7-11(9)18-13/h4-7,12,14,18-19H,8H2,1-3H3,(H,20,21). The number of rotatable bonds is 2. The van der Waals surface area contributed by atoms with Crippen LogP contribution < -0.4 is 5.32 Å². The molecule has 2 heterocycles. The summed E-state index contributed by atoms with van der Waals surface area (Å²) in [6.07, 6.45) is 0.327. The van der Waals surface area contributed by atoms with Crippen molar-refractivity contribution in [3.8, 4) is 0 Å². The fraction of sp³-hybridized carbons (Fsp3) is 0.412. The molecule has 0 fully saturated rings. The van der Waals surface area contributed by atoms with Crippen molar-refractivity contribution in [2.24, 2.45) is 0 Å². The molecule has 0 saturated heterocycles. The van der Waals surface area contributed by atoms with Gasteiger partial charge in [0.05, 0.1) is 0 Å². The van der Waals surface area contributed by atoms with Gasteiger partial charge < -0.3 is 14.8 Å². The number of carboxylic acid groups (broad SMARTS) is 1. The Morgan fingerprint density at radius 1 is 1.26 bits per heavy atom. The molecule has 23 heavy (non-hydrogen) atoms. The van der Waals surface area contributed by atoms with Gasteiger partial charge in [0, 0.05) is 23.0 Å². The smallest absolute Gasteiger partial charge is 0.329 e. The summed E-state index contributed by atoms with van der Waals surface area (Å²) in [4.78, 5) is 27.2. The topological polar surface area (TPSA) is 91.4 Å². The molecule has 0 aliphatic carbocycles. The Balaban J connectivity index is 2.06. The van der Waals surface area contributed by atoms with Gasteiger partial charge >= 0.3 is 11.9 Å². The minimum absolute atomic E-state index is 0.327. The number of para-hydroxylation sites is 1. The van der Waals surface area contributed by atoms with E-state index in [2.05, 4.69) is 10.3 Å². The minimum atomic E-state index is -0.977. The lowest BCUT2D eigenvalue weighted by atomic mass is 9.94. The molecule has 122 valence electrons. The molecule has 1 aliphatic heterocycles. The Morgan fingerprint density at radius 2 is 1.96 bits per heavy atom. The number of carboxylic acids is 1. The van der Waals surface area contributed by atoms with Crippen molar-refractivity contribution in [2.45, 2.75) is 44.9 Å². The minimum Gasteiger partial charge on any atom is -0.480 e. The van der Waals surface area contributed by atoms with Crippen LogP contribution in [0.4, 0.5) is 0 Å². The first kappa shape index (κ1) is 15.6. The van der Waals surface area contributed by atoms with Crippen LogP contribution in [0.25, 0.3) is 10.9 Å². The molecule has 3 rings (SSSR count). The average molecular weight is 316 g/mol. The van der Waals surface area contributed by atoms with Crippen LogP contribution >= 0.6 is 0 Å². The predicted molar refractivity (Wildman–Crippen MR) is 85.1 cm³/mol. The zero-order valence-corrected chi connectivity index (χ0v) is 13.3. The van der Waals surface area contributed by atoms with Crippen molar-refractivity contribution in [2.75, 3.05) is 0 Å². The Kier molecular flexibility index (Phi) is 3.64. The largest absolute Gasteiger partial charge is 0.480 e. The Labute approximate surface area is 133 Å². The summed E-state index contributed by atoms with van der Waals surface area (Å²) in [6.45, 7) is 5.36. The molecule has 0 radical (unpaired) electrons. The van der Waals surface area contributed by atoms with E-state index in [1.807, 2.05) is 24.3 Å². The summed E-state index contributed by atoms with van der Waals surface area (Å²) in [5, 5.41) is 13.2. The maximum absolute atomic E-state index is 12.5. The van der Waals surface area contributed by atoms with Crippen LogP contribution in [0.3, 0.4) is 0 Å². The molecule has 1 aromatic heterocycles. The third-order valence-corrected chi connectivity index (χ3v) is 3.85. The van der Waals surface area contributed by atoms with Gasteiger partial charge in [0.1, 0.15) is 17.7 Å². The highest BCUT2D eigenvalue weighted by Crippen LogP contribution is 2.33. The molecule has 1 aliphatic rings. The van der Waals surface area contributed by atoms with E-state index in [9.17, 15) is 14.7 Å². The second-order valence-corrected chi connectivity index (χ2v) is 6.79. The number of hydrogen-bond donors (Lipinski definition) is 3. The van der Waals surface area contributed by atoms with Crippen molar-refractivity contribution in [1.29, 1.82) is 0 Å². The number of aliphatic carboxylic acids is 1. The van der Waals surface area contributed by atoms with Gasteiger partial charge in [-0.25, -0.2) is 4.79 Å². The monoisotopic (exact) mass is 316 g/mol. The summed E-state index contributed by atoms with van der Waals surface area (Å²) in [5.74, 6) is -1.45. The highest BCUT2D eigenvalue weighted by atomic mass is 16.6. The zero-order chi connectivity index (χ0) is 16.8. The number of carbonyl (C=O) groups is 2. The van der Waals surface area contributed by atoms with Gasteiger partial charge in [0.15, 0.2) is 0 Å². The van der Waals surface area contributed by atoms with E-state index in [-0.39, 0.29) is 0 Å². The van der Waals surface area contributed by atoms with Gasteiger partial charge in [0.2, 0.25) is 0 Å². The number of esters is 1. The molecule has 0 amide bonds. The summed E-state index contributed by atoms with van der Waals surface area (Å²) in [7, 11) is 0. The molecule has 6 nitrogen and oxygen atoms in total. The molecule has 1 aromatic carbocycles. The average Bonchev–Trinajstić information content (AvgIpc) is 2.82. The maximum atomic E-state index is 12.5. The van der Waals surface area contributed by atoms with E-state index in [1.165, 1.54) is 0 Å². The fourth-order valence-electron chi connectivity index (χ4n) is 2.94. The summed E-state index contributed by atoms with van der Waals surface area (Å²) in [5.41, 5.74) is 1.81. The molecular formula is C17H20N2O4. The highest BCUT2D eigenvalue weighted by molar-refractivity contribution is 5.90. The lowest BCUT2D eigenvalue weighted by molar-refractivity contribution is -0.158. The van der Waals surface area contributed by atoms with Crippen molar-refractivity contribution in [3.05, 3.63) is 35.5 Å². The number of hydrogen-bond acceptors (Lipinski definition) is 4. The Hall–Kier alpha value is -2.34. The first-order valence-electron chi connectivity index (χ1n) is 7.57. The van der Waals surface area contributed by atoms with Crippen LogP contribution in [0, 0.1) is 0 Å². The lowest BCUT2D eigenvalue weighted by Crippen LogP contribution is -2.48. The van der Waals surface area contributed by atoms with E-state index in [0.717, 1.165) is 16.5 Å². The van der Waals surface area contributed by atoms with Crippen LogP contribution in [0.1, 0.15) is 38.1 Å². The van der Waals surface area contributed by atoms with Crippen LogP contribution in [0.15, 0.2) is 24.3 Å². The second-order valence-electron chi connectivity index (χ2n) is 6.79. The highest BCUT2D eigenvalue weighted by Gasteiger charge is 2.38. The van der Waals surface area contributed by atoms with Crippen LogP contribution in [-0.2, 0) is 20.7 Å². The lowest BCUT2D eigenvalue weighted by Gasteiger charge is -2.30. The number of benzene rings is 1. The Bertz CT molecular complexity index is 772. The van der Waals surface area contributed by atoms with Gasteiger partial charge in [-0.15, -0.1) is 0 Å². The molecule has 0 saturated carbocycles. The van der Waals surface area contributed by atoms with E-state index < -0.39 is 29.6 Å². The van der Waals surface area contributed by atoms with E-state index >= 15 is 0 Å². The number of ether oxygens (including phenoxy) is 1. The normalized spacial score (nSPS) is 21.0. The van der Waals surface area contributed by atoms with Crippen molar-refractivity contribution in [1.82, 2.24) is 10.3 Å². The molecular weight excluding hydrogens is 296 g/mol. The third-order valence-electron chi connectivity index (χ3n) is 3.85. The zero-order valence-electron chi connectivity index (χ0n) is 13.3. The van der Waals surface area contributed by atoms with Gasteiger partial charge in [-0.1, -0.05) is 18.2 Å². The first-order valence-corrected chi connectivity index (χ1v) is 7.57. The van der Waals surface area contributed by atoms with Crippen molar-refractivity contribution < 1.29 is 19.4 Å². The SMILES string of the molecule is CC(C)(C)OC(=O)C1NC(C(=O)O)Cc2c1[nH]c1ccccc21. The fourth-order valence-corrected chi connectivity index (χ4v) is 2.94. The number of H-pyrrole nitrogens is 1. The molecule has 3 N–H and O–H groups in total. The molecule has 0 spiro atoms. The van der Waals surface area contributed by atoms with E-state index in [4.69, 9.17) is 4.74 Å². The number of aromatic amines is 1. The van der Waals surface area contributed by atoms with Crippen LogP contribution in [-0.4, -0.2) is 33.7 Å². The predicted octanol–water partition coefficient (Wildman–Crippen LogP) is 2.15. The number of nitrogens with one attached hydrogen (secondary N) is 2. The quantitative estimate of drug-likeness (QED) is 0.738. The van der Waals surface area contributed by atoms with E-state index in [0.29, 0.717) is 12.1 Å². The molecule has 2 unspecified atom stereocenters.